The zero-order valence-electron chi connectivity index (χ0n) is 14.7. The van der Waals surface area contributed by atoms with Crippen LogP contribution in [0.1, 0.15) is 29.8 Å². The Balaban J connectivity index is 2.00. The Morgan fingerprint density at radius 1 is 1.37 bits per heavy atom. The van der Waals surface area contributed by atoms with Crippen LogP contribution in [0.2, 0.25) is 5.02 Å². The van der Waals surface area contributed by atoms with E-state index in [-0.39, 0.29) is 27.3 Å². The van der Waals surface area contributed by atoms with Crippen LogP contribution in [-0.2, 0) is 16.4 Å². The van der Waals surface area contributed by atoms with Crippen LogP contribution in [0.25, 0.3) is 0 Å². The van der Waals surface area contributed by atoms with Crippen LogP contribution in [-0.4, -0.2) is 32.2 Å². The molecule has 0 bridgehead atoms. The number of aromatic carboxylic acids is 1. The van der Waals surface area contributed by atoms with Crippen LogP contribution >= 0.6 is 11.6 Å². The number of ether oxygens (including phenoxy) is 2. The van der Waals surface area contributed by atoms with Gasteiger partial charge in [-0.3, -0.25) is 4.72 Å². The van der Waals surface area contributed by atoms with Gasteiger partial charge in [0, 0.05) is 18.1 Å². The first-order valence-corrected chi connectivity index (χ1v) is 10.1. The Morgan fingerprint density at radius 3 is 2.78 bits per heavy atom. The molecule has 0 spiro atoms. The van der Waals surface area contributed by atoms with E-state index in [1.165, 1.54) is 12.1 Å². The van der Waals surface area contributed by atoms with E-state index in [9.17, 15) is 13.2 Å². The van der Waals surface area contributed by atoms with Crippen molar-refractivity contribution in [1.82, 2.24) is 0 Å². The number of anilines is 1. The summed E-state index contributed by atoms with van der Waals surface area (Å²) in [5.41, 5.74) is 0.862. The molecule has 0 unspecified atom stereocenters. The zero-order valence-corrected chi connectivity index (χ0v) is 16.2. The fourth-order valence-electron chi connectivity index (χ4n) is 2.83. The molecular weight excluding hydrogens is 394 g/mol. The molecule has 0 amide bonds. The monoisotopic (exact) mass is 411 g/mol. The van der Waals surface area contributed by atoms with E-state index >= 15 is 0 Å². The summed E-state index contributed by atoms with van der Waals surface area (Å²) in [5.74, 6) is -0.345. The standard InChI is InChI=1S/C18H18ClNO6S/c1-3-25-17-7-11-6-10(2)26-16(11)9-15(17)20-27(23,24)12-4-5-14(19)13(8-12)18(21)22/h4-5,7-10,20H,3,6H2,1-2H3,(H,21,22)/t10-/m1/s1. The number of fused-ring (bicyclic) bond motifs is 1. The summed E-state index contributed by atoms with van der Waals surface area (Å²) in [6.07, 6.45) is 0.706. The number of carboxylic acids is 1. The number of rotatable bonds is 6. The zero-order chi connectivity index (χ0) is 19.8. The Kier molecular flexibility index (Phi) is 5.21. The molecule has 2 N–H and O–H groups in total. The average Bonchev–Trinajstić information content (AvgIpc) is 2.94. The predicted molar refractivity (Wildman–Crippen MR) is 101 cm³/mol. The third kappa shape index (κ3) is 3.96. The highest BCUT2D eigenvalue weighted by molar-refractivity contribution is 7.92. The first-order chi connectivity index (χ1) is 12.7. The summed E-state index contributed by atoms with van der Waals surface area (Å²) in [7, 11) is -4.07. The fourth-order valence-corrected chi connectivity index (χ4v) is 4.12. The molecular formula is C18H18ClNO6S. The quantitative estimate of drug-likeness (QED) is 0.753. The number of hydrogen-bond donors (Lipinski definition) is 2. The van der Waals surface area contributed by atoms with Gasteiger partial charge in [0.15, 0.2) is 0 Å². The lowest BCUT2D eigenvalue weighted by Gasteiger charge is -2.15. The van der Waals surface area contributed by atoms with Gasteiger partial charge in [0.05, 0.1) is 27.8 Å². The van der Waals surface area contributed by atoms with Crippen LogP contribution in [0.5, 0.6) is 11.5 Å². The molecule has 0 saturated carbocycles. The molecule has 9 heteroatoms. The van der Waals surface area contributed by atoms with Gasteiger partial charge in [0.25, 0.3) is 10.0 Å². The van der Waals surface area contributed by atoms with Gasteiger partial charge in [-0.25, -0.2) is 13.2 Å². The van der Waals surface area contributed by atoms with Crippen LogP contribution < -0.4 is 14.2 Å². The minimum absolute atomic E-state index is 0.00396. The Labute approximate surface area is 161 Å². The van der Waals surface area contributed by atoms with Crippen LogP contribution in [0.15, 0.2) is 35.2 Å². The third-order valence-electron chi connectivity index (χ3n) is 4.02. The molecule has 0 saturated heterocycles. The molecule has 1 aliphatic heterocycles. The van der Waals surface area contributed by atoms with E-state index in [0.29, 0.717) is 24.5 Å². The highest BCUT2D eigenvalue weighted by atomic mass is 35.5. The van der Waals surface area contributed by atoms with Gasteiger partial charge in [0.1, 0.15) is 17.6 Å². The second kappa shape index (κ2) is 7.28. The molecule has 0 radical (unpaired) electrons. The van der Waals surface area contributed by atoms with Crippen molar-refractivity contribution in [2.24, 2.45) is 0 Å². The largest absolute Gasteiger partial charge is 0.492 e. The molecule has 3 rings (SSSR count). The maximum atomic E-state index is 12.8. The van der Waals surface area contributed by atoms with Crippen molar-refractivity contribution in [3.63, 3.8) is 0 Å². The maximum Gasteiger partial charge on any atom is 0.337 e. The Morgan fingerprint density at radius 2 is 2.11 bits per heavy atom. The number of halogens is 1. The second-order valence-electron chi connectivity index (χ2n) is 6.07. The predicted octanol–water partition coefficient (Wildman–Crippen LogP) is 3.56. The summed E-state index contributed by atoms with van der Waals surface area (Å²) in [6.45, 7) is 4.07. The van der Waals surface area contributed by atoms with E-state index in [1.54, 1.807) is 19.1 Å². The lowest BCUT2D eigenvalue weighted by Crippen LogP contribution is -2.15. The third-order valence-corrected chi connectivity index (χ3v) is 5.71. The van der Waals surface area contributed by atoms with Gasteiger partial charge in [-0.2, -0.15) is 0 Å². The summed E-state index contributed by atoms with van der Waals surface area (Å²) in [6, 6.07) is 6.82. The lowest BCUT2D eigenvalue weighted by atomic mass is 10.1. The molecule has 0 fully saturated rings. The molecule has 0 aromatic heterocycles. The van der Waals surface area contributed by atoms with Crippen molar-refractivity contribution in [1.29, 1.82) is 0 Å². The molecule has 1 aliphatic rings. The van der Waals surface area contributed by atoms with Gasteiger partial charge < -0.3 is 14.6 Å². The van der Waals surface area contributed by atoms with E-state index < -0.39 is 16.0 Å². The maximum absolute atomic E-state index is 12.8. The smallest absolute Gasteiger partial charge is 0.337 e. The van der Waals surface area contributed by atoms with Gasteiger partial charge >= 0.3 is 5.97 Å². The van der Waals surface area contributed by atoms with Crippen molar-refractivity contribution >= 4 is 33.3 Å². The molecule has 2 aromatic carbocycles. The summed E-state index contributed by atoms with van der Waals surface area (Å²) < 4.78 is 39.2. The highest BCUT2D eigenvalue weighted by Gasteiger charge is 2.25. The van der Waals surface area contributed by atoms with Gasteiger partial charge in [-0.05, 0) is 38.1 Å². The molecule has 1 heterocycles. The van der Waals surface area contributed by atoms with Crippen molar-refractivity contribution < 1.29 is 27.8 Å². The van der Waals surface area contributed by atoms with E-state index in [2.05, 4.69) is 4.72 Å². The number of nitrogens with one attached hydrogen (secondary N) is 1. The van der Waals surface area contributed by atoms with Gasteiger partial charge in [0.2, 0.25) is 0 Å². The van der Waals surface area contributed by atoms with Crippen molar-refractivity contribution in [2.75, 3.05) is 11.3 Å². The van der Waals surface area contributed by atoms with Crippen molar-refractivity contribution in [2.45, 2.75) is 31.3 Å². The molecule has 2 aromatic rings. The number of hydrogen-bond acceptors (Lipinski definition) is 5. The Hall–Kier alpha value is -2.45. The van der Waals surface area contributed by atoms with Crippen LogP contribution in [0.3, 0.4) is 0 Å². The van der Waals surface area contributed by atoms with E-state index in [0.717, 1.165) is 11.6 Å². The fraction of sp³-hybridized carbons (Fsp3) is 0.278. The van der Waals surface area contributed by atoms with Crippen LogP contribution in [0.4, 0.5) is 5.69 Å². The van der Waals surface area contributed by atoms with Crippen molar-refractivity contribution in [3.05, 3.63) is 46.5 Å². The molecule has 27 heavy (non-hydrogen) atoms. The Bertz CT molecular complexity index is 1010. The average molecular weight is 412 g/mol. The van der Waals surface area contributed by atoms with Crippen molar-refractivity contribution in [3.8, 4) is 11.5 Å². The number of benzene rings is 2. The first kappa shape index (κ1) is 19.3. The highest BCUT2D eigenvalue weighted by Crippen LogP contribution is 2.39. The summed E-state index contributed by atoms with van der Waals surface area (Å²) >= 11 is 5.81. The van der Waals surface area contributed by atoms with E-state index in [4.69, 9.17) is 26.2 Å². The van der Waals surface area contributed by atoms with Gasteiger partial charge in [-0.1, -0.05) is 11.6 Å². The van der Waals surface area contributed by atoms with E-state index in [1.807, 2.05) is 6.92 Å². The lowest BCUT2D eigenvalue weighted by molar-refractivity contribution is 0.0697. The molecule has 144 valence electrons. The summed E-state index contributed by atoms with van der Waals surface area (Å²) in [5, 5.41) is 9.11. The normalized spacial score (nSPS) is 15.7. The minimum Gasteiger partial charge on any atom is -0.492 e. The first-order valence-electron chi connectivity index (χ1n) is 8.23. The SMILES string of the molecule is CCOc1cc2c(cc1NS(=O)(=O)c1ccc(Cl)c(C(=O)O)c1)O[C@H](C)C2. The summed E-state index contributed by atoms with van der Waals surface area (Å²) in [4.78, 5) is 11.0. The number of carboxylic acid groups (broad SMARTS) is 1. The molecule has 0 aliphatic carbocycles. The second-order valence-corrected chi connectivity index (χ2v) is 8.16. The van der Waals surface area contributed by atoms with Gasteiger partial charge in [-0.15, -0.1) is 0 Å². The number of sulfonamides is 1. The topological polar surface area (TPSA) is 102 Å². The number of carbonyl (C=O) groups is 1. The molecule has 1 atom stereocenters. The van der Waals surface area contributed by atoms with Crippen LogP contribution in [0, 0.1) is 0 Å². The minimum atomic E-state index is -4.07. The molecule has 7 nitrogen and oxygen atoms in total.